The molecule has 1 aromatic carbocycles. The van der Waals surface area contributed by atoms with Gasteiger partial charge in [0.25, 0.3) is 0 Å². The van der Waals surface area contributed by atoms with Crippen molar-refractivity contribution in [2.45, 2.75) is 37.9 Å². The zero-order valence-corrected chi connectivity index (χ0v) is 14.4. The van der Waals surface area contributed by atoms with Crippen molar-refractivity contribution in [3.63, 3.8) is 0 Å². The number of piperazine rings is 1. The molecule has 0 spiro atoms. The van der Waals surface area contributed by atoms with Gasteiger partial charge in [0.1, 0.15) is 0 Å². The molecule has 23 heavy (non-hydrogen) atoms. The summed E-state index contributed by atoms with van der Waals surface area (Å²) in [7, 11) is -3.65. The van der Waals surface area contributed by atoms with Crippen molar-refractivity contribution in [2.24, 2.45) is 0 Å². The van der Waals surface area contributed by atoms with Crippen LogP contribution >= 0.6 is 12.4 Å². The van der Waals surface area contributed by atoms with E-state index in [1.54, 1.807) is 6.92 Å². The molecule has 1 fully saturated rings. The maximum absolute atomic E-state index is 12.7. The SMILES string of the molecule is CC1NCCN(S(=O)(=O)Cc2cccc(C(F)(F)F)c2)C1C.Cl. The molecule has 0 radical (unpaired) electrons. The quantitative estimate of drug-likeness (QED) is 0.887. The van der Waals surface area contributed by atoms with Gasteiger partial charge in [-0.2, -0.15) is 17.5 Å². The number of nitrogens with one attached hydrogen (secondary N) is 1. The van der Waals surface area contributed by atoms with Crippen LogP contribution in [0.15, 0.2) is 24.3 Å². The topological polar surface area (TPSA) is 49.4 Å². The molecule has 1 aromatic rings. The molecule has 0 amide bonds. The lowest BCUT2D eigenvalue weighted by Gasteiger charge is -2.37. The molecule has 1 aliphatic heterocycles. The lowest BCUT2D eigenvalue weighted by atomic mass is 10.1. The molecule has 0 aromatic heterocycles. The fraction of sp³-hybridized carbons (Fsp3) is 0.571. The Labute approximate surface area is 140 Å². The highest BCUT2D eigenvalue weighted by atomic mass is 35.5. The van der Waals surface area contributed by atoms with Crippen molar-refractivity contribution in [1.82, 2.24) is 9.62 Å². The predicted molar refractivity (Wildman–Crippen MR) is 84.9 cm³/mol. The first-order valence-corrected chi connectivity index (χ1v) is 8.61. The summed E-state index contributed by atoms with van der Waals surface area (Å²) in [5, 5.41) is 3.17. The Balaban J connectivity index is 0.00000264. The number of benzene rings is 1. The first-order chi connectivity index (χ1) is 10.1. The van der Waals surface area contributed by atoms with Crippen LogP contribution in [0.1, 0.15) is 25.0 Å². The van der Waals surface area contributed by atoms with Gasteiger partial charge in [-0.05, 0) is 25.5 Å². The van der Waals surface area contributed by atoms with Crippen LogP contribution in [0.3, 0.4) is 0 Å². The largest absolute Gasteiger partial charge is 0.416 e. The second-order valence-corrected chi connectivity index (χ2v) is 7.47. The van der Waals surface area contributed by atoms with Gasteiger partial charge in [-0.15, -0.1) is 12.4 Å². The van der Waals surface area contributed by atoms with E-state index in [-0.39, 0.29) is 30.1 Å². The average molecular weight is 373 g/mol. The Morgan fingerprint density at radius 2 is 1.96 bits per heavy atom. The fourth-order valence-electron chi connectivity index (χ4n) is 2.55. The molecule has 9 heteroatoms. The number of halogens is 4. The Bertz CT molecular complexity index is 637. The predicted octanol–water partition coefficient (Wildman–Crippen LogP) is 2.64. The molecule has 0 bridgehead atoms. The van der Waals surface area contributed by atoms with Gasteiger partial charge in [0.2, 0.25) is 10.0 Å². The third-order valence-corrected chi connectivity index (χ3v) is 5.86. The maximum atomic E-state index is 12.7. The van der Waals surface area contributed by atoms with E-state index in [2.05, 4.69) is 5.32 Å². The Kier molecular flexibility index (Phi) is 6.48. The third kappa shape index (κ3) is 4.82. The Hall–Kier alpha value is -0.830. The number of alkyl halides is 3. The molecule has 1 saturated heterocycles. The molecule has 0 aliphatic carbocycles. The van der Waals surface area contributed by atoms with Gasteiger partial charge < -0.3 is 5.32 Å². The van der Waals surface area contributed by atoms with Crippen molar-refractivity contribution < 1.29 is 21.6 Å². The molecular weight excluding hydrogens is 353 g/mol. The fourth-order valence-corrected chi connectivity index (χ4v) is 4.37. The van der Waals surface area contributed by atoms with Gasteiger partial charge in [0.15, 0.2) is 0 Å². The highest BCUT2D eigenvalue weighted by molar-refractivity contribution is 7.88. The lowest BCUT2D eigenvalue weighted by Crippen LogP contribution is -2.57. The summed E-state index contributed by atoms with van der Waals surface area (Å²) in [4.78, 5) is 0. The summed E-state index contributed by atoms with van der Waals surface area (Å²) in [5.41, 5.74) is -0.685. The number of hydrogen-bond donors (Lipinski definition) is 1. The Morgan fingerprint density at radius 3 is 2.57 bits per heavy atom. The first kappa shape index (κ1) is 20.2. The van der Waals surface area contributed by atoms with E-state index in [0.29, 0.717) is 13.1 Å². The number of sulfonamides is 1. The van der Waals surface area contributed by atoms with Gasteiger partial charge in [0, 0.05) is 25.2 Å². The average Bonchev–Trinajstić information content (AvgIpc) is 2.40. The van der Waals surface area contributed by atoms with Crippen molar-refractivity contribution in [1.29, 1.82) is 0 Å². The molecule has 1 aliphatic rings. The van der Waals surface area contributed by atoms with Crippen LogP contribution in [0.5, 0.6) is 0 Å². The van der Waals surface area contributed by atoms with E-state index in [0.717, 1.165) is 12.1 Å². The first-order valence-electron chi connectivity index (χ1n) is 7.00. The molecular formula is C14H20ClF3N2O2S. The minimum Gasteiger partial charge on any atom is -0.311 e. The molecule has 0 saturated carbocycles. The summed E-state index contributed by atoms with van der Waals surface area (Å²) in [6.45, 7) is 4.54. The lowest BCUT2D eigenvalue weighted by molar-refractivity contribution is -0.137. The summed E-state index contributed by atoms with van der Waals surface area (Å²) in [6, 6.07) is 4.25. The molecule has 1 N–H and O–H groups in total. The highest BCUT2D eigenvalue weighted by Gasteiger charge is 2.34. The zero-order valence-electron chi connectivity index (χ0n) is 12.8. The summed E-state index contributed by atoms with van der Waals surface area (Å²) >= 11 is 0. The van der Waals surface area contributed by atoms with Crippen LogP contribution in [0.25, 0.3) is 0 Å². The molecule has 132 valence electrons. The number of rotatable bonds is 3. The van der Waals surface area contributed by atoms with Crippen LogP contribution in [0, 0.1) is 0 Å². The monoisotopic (exact) mass is 372 g/mol. The summed E-state index contributed by atoms with van der Waals surface area (Å²) in [5.74, 6) is -0.423. The Morgan fingerprint density at radius 1 is 1.30 bits per heavy atom. The van der Waals surface area contributed by atoms with Crippen LogP contribution in [-0.2, 0) is 22.0 Å². The number of hydrogen-bond acceptors (Lipinski definition) is 3. The molecule has 2 unspecified atom stereocenters. The van der Waals surface area contributed by atoms with Crippen LogP contribution in [0.2, 0.25) is 0 Å². The van der Waals surface area contributed by atoms with Gasteiger partial charge >= 0.3 is 6.18 Å². The van der Waals surface area contributed by atoms with Crippen LogP contribution < -0.4 is 5.32 Å². The van der Waals surface area contributed by atoms with Crippen molar-refractivity contribution in [2.75, 3.05) is 13.1 Å². The van der Waals surface area contributed by atoms with Crippen molar-refractivity contribution in [3.8, 4) is 0 Å². The van der Waals surface area contributed by atoms with E-state index in [1.807, 2.05) is 6.92 Å². The van der Waals surface area contributed by atoms with Crippen LogP contribution in [0.4, 0.5) is 13.2 Å². The molecule has 2 rings (SSSR count). The second-order valence-electron chi connectivity index (χ2n) is 5.55. The zero-order chi connectivity index (χ0) is 16.5. The standard InChI is InChI=1S/C14H19F3N2O2S.ClH/c1-10-11(2)19(7-6-18-10)22(20,21)9-12-4-3-5-13(8-12)14(15,16)17;/h3-5,8,10-11,18H,6-7,9H2,1-2H3;1H. The minimum absolute atomic E-state index is 0. The van der Waals surface area contributed by atoms with Crippen LogP contribution in [-0.4, -0.2) is 37.9 Å². The van der Waals surface area contributed by atoms with E-state index in [4.69, 9.17) is 0 Å². The minimum atomic E-state index is -4.48. The molecule has 1 heterocycles. The van der Waals surface area contributed by atoms with Crippen molar-refractivity contribution >= 4 is 22.4 Å². The van der Waals surface area contributed by atoms with Gasteiger partial charge in [-0.3, -0.25) is 0 Å². The second kappa shape index (κ2) is 7.38. The normalized spacial score (nSPS) is 23.3. The van der Waals surface area contributed by atoms with E-state index >= 15 is 0 Å². The van der Waals surface area contributed by atoms with E-state index in [9.17, 15) is 21.6 Å². The highest BCUT2D eigenvalue weighted by Crippen LogP contribution is 2.30. The number of nitrogens with zero attached hydrogens (tertiary/aromatic N) is 1. The molecule has 2 atom stereocenters. The smallest absolute Gasteiger partial charge is 0.311 e. The maximum Gasteiger partial charge on any atom is 0.416 e. The summed E-state index contributed by atoms with van der Waals surface area (Å²) in [6.07, 6.45) is -4.48. The third-order valence-electron chi connectivity index (χ3n) is 3.94. The van der Waals surface area contributed by atoms with Gasteiger partial charge in [-0.25, -0.2) is 8.42 Å². The van der Waals surface area contributed by atoms with Gasteiger partial charge in [-0.1, -0.05) is 18.2 Å². The van der Waals surface area contributed by atoms with Gasteiger partial charge in [0.05, 0.1) is 11.3 Å². The summed E-state index contributed by atoms with van der Waals surface area (Å²) < 4.78 is 64.4. The van der Waals surface area contributed by atoms with E-state index < -0.39 is 27.5 Å². The van der Waals surface area contributed by atoms with E-state index in [1.165, 1.54) is 16.4 Å². The van der Waals surface area contributed by atoms with Crippen molar-refractivity contribution in [3.05, 3.63) is 35.4 Å². The molecule has 4 nitrogen and oxygen atoms in total.